The molecular formula is C17H30O3. The zero-order chi connectivity index (χ0) is 15.9. The van der Waals surface area contributed by atoms with Crippen molar-refractivity contribution in [3.05, 3.63) is 0 Å². The Bertz CT molecular complexity index is 393. The Morgan fingerprint density at radius 2 is 1.40 bits per heavy atom. The van der Waals surface area contributed by atoms with E-state index in [9.17, 15) is 9.59 Å². The summed E-state index contributed by atoms with van der Waals surface area (Å²) in [5.41, 5.74) is -0.0327. The molecule has 1 saturated heterocycles. The molecule has 0 saturated carbocycles. The number of hydrogen-bond acceptors (Lipinski definition) is 3. The van der Waals surface area contributed by atoms with Crippen LogP contribution < -0.4 is 0 Å². The van der Waals surface area contributed by atoms with Crippen LogP contribution in [0.15, 0.2) is 0 Å². The molecule has 3 nitrogen and oxygen atoms in total. The van der Waals surface area contributed by atoms with Crippen molar-refractivity contribution in [2.75, 3.05) is 0 Å². The summed E-state index contributed by atoms with van der Waals surface area (Å²) in [5.74, 6) is -1.31. The third-order valence-corrected chi connectivity index (χ3v) is 3.87. The first-order valence-electron chi connectivity index (χ1n) is 7.48. The van der Waals surface area contributed by atoms with Gasteiger partial charge in [-0.2, -0.15) is 0 Å². The second-order valence-electron chi connectivity index (χ2n) is 9.30. The van der Waals surface area contributed by atoms with Gasteiger partial charge in [0.1, 0.15) is 0 Å². The van der Waals surface area contributed by atoms with E-state index in [-0.39, 0.29) is 40.0 Å². The molecule has 0 amide bonds. The van der Waals surface area contributed by atoms with Gasteiger partial charge in [0, 0.05) is 0 Å². The average molecular weight is 282 g/mol. The molecular weight excluding hydrogens is 252 g/mol. The molecule has 0 bridgehead atoms. The molecule has 1 aliphatic rings. The van der Waals surface area contributed by atoms with Gasteiger partial charge in [0.05, 0.1) is 11.8 Å². The fourth-order valence-corrected chi connectivity index (χ4v) is 3.80. The summed E-state index contributed by atoms with van der Waals surface area (Å²) in [6.45, 7) is 17.0. The van der Waals surface area contributed by atoms with Gasteiger partial charge in [-0.3, -0.25) is 9.59 Å². The Balaban J connectivity index is 2.94. The van der Waals surface area contributed by atoms with Crippen molar-refractivity contribution in [1.29, 1.82) is 0 Å². The molecule has 0 aromatic rings. The van der Waals surface area contributed by atoms with Crippen molar-refractivity contribution in [3.8, 4) is 0 Å². The van der Waals surface area contributed by atoms with Gasteiger partial charge >= 0.3 is 11.9 Å². The summed E-state index contributed by atoms with van der Waals surface area (Å²) in [5, 5.41) is 0. The van der Waals surface area contributed by atoms with Crippen molar-refractivity contribution in [2.45, 2.75) is 68.2 Å². The second-order valence-corrected chi connectivity index (χ2v) is 9.30. The van der Waals surface area contributed by atoms with Crippen LogP contribution in [0.1, 0.15) is 68.2 Å². The molecule has 0 radical (unpaired) electrons. The van der Waals surface area contributed by atoms with Gasteiger partial charge in [-0.25, -0.2) is 0 Å². The first kappa shape index (κ1) is 17.2. The maximum absolute atomic E-state index is 12.0. The Morgan fingerprint density at radius 1 is 0.900 bits per heavy atom. The van der Waals surface area contributed by atoms with Gasteiger partial charge in [0.2, 0.25) is 0 Å². The van der Waals surface area contributed by atoms with Crippen LogP contribution in [0.4, 0.5) is 0 Å². The molecule has 1 aliphatic heterocycles. The number of ether oxygens (including phenoxy) is 1. The van der Waals surface area contributed by atoms with Gasteiger partial charge in [-0.1, -0.05) is 55.4 Å². The van der Waals surface area contributed by atoms with Gasteiger partial charge in [-0.05, 0) is 29.1 Å². The SMILES string of the molecule is CC(C)(C)CC(C)(C)CC1C(=O)OC(=O)C1C(C)(C)C. The molecule has 2 atom stereocenters. The zero-order valence-electron chi connectivity index (χ0n) is 14.3. The molecule has 3 heteroatoms. The number of rotatable bonds is 3. The van der Waals surface area contributed by atoms with Crippen LogP contribution in [-0.4, -0.2) is 11.9 Å². The average Bonchev–Trinajstić information content (AvgIpc) is 2.34. The van der Waals surface area contributed by atoms with E-state index in [2.05, 4.69) is 34.6 Å². The lowest BCUT2D eigenvalue weighted by Gasteiger charge is -2.36. The van der Waals surface area contributed by atoms with Crippen LogP contribution in [0.2, 0.25) is 0 Å². The summed E-state index contributed by atoms with van der Waals surface area (Å²) in [4.78, 5) is 24.0. The summed E-state index contributed by atoms with van der Waals surface area (Å²) < 4.78 is 4.91. The molecule has 2 unspecified atom stereocenters. The van der Waals surface area contributed by atoms with Crippen LogP contribution in [0.25, 0.3) is 0 Å². The van der Waals surface area contributed by atoms with E-state index in [0.717, 1.165) is 6.42 Å². The van der Waals surface area contributed by atoms with Crippen molar-refractivity contribution in [1.82, 2.24) is 0 Å². The molecule has 1 heterocycles. The summed E-state index contributed by atoms with van der Waals surface area (Å²) >= 11 is 0. The number of carbonyl (C=O) groups is 2. The minimum Gasteiger partial charge on any atom is -0.393 e. The third-order valence-electron chi connectivity index (χ3n) is 3.87. The Kier molecular flexibility index (Phi) is 4.43. The number of esters is 2. The number of carbonyl (C=O) groups excluding carboxylic acids is 2. The minimum absolute atomic E-state index is 0.00998. The zero-order valence-corrected chi connectivity index (χ0v) is 14.3. The predicted octanol–water partition coefficient (Wildman–Crippen LogP) is 4.20. The van der Waals surface area contributed by atoms with E-state index in [0.29, 0.717) is 6.42 Å². The van der Waals surface area contributed by atoms with Crippen molar-refractivity contribution in [3.63, 3.8) is 0 Å². The molecule has 1 fully saturated rings. The summed E-state index contributed by atoms with van der Waals surface area (Å²) in [6, 6.07) is 0. The lowest BCUT2D eigenvalue weighted by Crippen LogP contribution is -2.34. The maximum Gasteiger partial charge on any atom is 0.318 e. The second kappa shape index (κ2) is 5.16. The van der Waals surface area contributed by atoms with Crippen LogP contribution in [0, 0.1) is 28.1 Å². The largest absolute Gasteiger partial charge is 0.393 e. The highest BCUT2D eigenvalue weighted by molar-refractivity contribution is 5.96. The van der Waals surface area contributed by atoms with Crippen LogP contribution in [0.3, 0.4) is 0 Å². The lowest BCUT2D eigenvalue weighted by atomic mass is 9.66. The fraction of sp³-hybridized carbons (Fsp3) is 0.882. The topological polar surface area (TPSA) is 43.4 Å². The highest BCUT2D eigenvalue weighted by Gasteiger charge is 2.51. The van der Waals surface area contributed by atoms with E-state index in [1.807, 2.05) is 20.8 Å². The maximum atomic E-state index is 12.0. The van der Waals surface area contributed by atoms with Gasteiger partial charge < -0.3 is 4.74 Å². The molecule has 0 spiro atoms. The van der Waals surface area contributed by atoms with E-state index in [1.54, 1.807) is 0 Å². The predicted molar refractivity (Wildman–Crippen MR) is 80.0 cm³/mol. The molecule has 0 aliphatic carbocycles. The molecule has 0 aromatic carbocycles. The highest BCUT2D eigenvalue weighted by atomic mass is 16.6. The molecule has 1 rings (SSSR count). The Hall–Kier alpha value is -0.860. The van der Waals surface area contributed by atoms with Crippen molar-refractivity contribution >= 4 is 11.9 Å². The highest BCUT2D eigenvalue weighted by Crippen LogP contribution is 2.46. The standard InChI is InChI=1S/C17H30O3/c1-15(2,3)10-17(7,8)9-11-12(16(4,5)6)14(19)20-13(11)18/h11-12H,9-10H2,1-8H3. The smallest absolute Gasteiger partial charge is 0.318 e. The third kappa shape index (κ3) is 4.32. The summed E-state index contributed by atoms with van der Waals surface area (Å²) in [7, 11) is 0. The van der Waals surface area contributed by atoms with E-state index >= 15 is 0 Å². The minimum atomic E-state index is -0.348. The van der Waals surface area contributed by atoms with Crippen LogP contribution in [0.5, 0.6) is 0 Å². The fourth-order valence-electron chi connectivity index (χ4n) is 3.80. The lowest BCUT2D eigenvalue weighted by molar-refractivity contribution is -0.154. The normalized spacial score (nSPS) is 25.0. The molecule has 20 heavy (non-hydrogen) atoms. The number of hydrogen-bond donors (Lipinski definition) is 0. The van der Waals surface area contributed by atoms with E-state index in [4.69, 9.17) is 4.74 Å². The molecule has 116 valence electrons. The van der Waals surface area contributed by atoms with Crippen LogP contribution in [-0.2, 0) is 14.3 Å². The monoisotopic (exact) mass is 282 g/mol. The Labute approximate surface area is 123 Å². The van der Waals surface area contributed by atoms with E-state index in [1.165, 1.54) is 0 Å². The summed E-state index contributed by atoms with van der Waals surface area (Å²) in [6.07, 6.45) is 1.71. The van der Waals surface area contributed by atoms with Crippen molar-refractivity contribution in [2.24, 2.45) is 28.1 Å². The first-order valence-corrected chi connectivity index (χ1v) is 7.48. The van der Waals surface area contributed by atoms with Crippen molar-refractivity contribution < 1.29 is 14.3 Å². The quantitative estimate of drug-likeness (QED) is 0.575. The Morgan fingerprint density at radius 3 is 1.80 bits per heavy atom. The van der Waals surface area contributed by atoms with Crippen LogP contribution >= 0.6 is 0 Å². The first-order chi connectivity index (χ1) is 8.73. The molecule has 0 aromatic heterocycles. The van der Waals surface area contributed by atoms with Gasteiger partial charge in [0.15, 0.2) is 0 Å². The molecule has 0 N–H and O–H groups in total. The number of cyclic esters (lactones) is 2. The van der Waals surface area contributed by atoms with E-state index < -0.39 is 0 Å². The van der Waals surface area contributed by atoms with Gasteiger partial charge in [0.25, 0.3) is 0 Å². The van der Waals surface area contributed by atoms with Gasteiger partial charge in [-0.15, -0.1) is 0 Å².